The molecule has 2 aromatic carbocycles. The highest BCUT2D eigenvalue weighted by Gasteiger charge is 2.18. The van der Waals surface area contributed by atoms with E-state index in [4.69, 9.17) is 4.74 Å². The van der Waals surface area contributed by atoms with Gasteiger partial charge in [0.2, 0.25) is 0 Å². The second-order valence-electron chi connectivity index (χ2n) is 8.58. The first-order valence-electron chi connectivity index (χ1n) is 11.6. The molecular weight excluding hydrogens is 460 g/mol. The monoisotopic (exact) mass is 484 g/mol. The molecule has 0 saturated carbocycles. The number of thiazole rings is 1. The van der Waals surface area contributed by atoms with Gasteiger partial charge < -0.3 is 4.74 Å². The smallest absolute Gasteiger partial charge is 0.260 e. The zero-order valence-electron chi connectivity index (χ0n) is 19.3. The number of morpholine rings is 1. The molecule has 1 amide bonds. The van der Waals surface area contributed by atoms with Gasteiger partial charge in [-0.25, -0.2) is 14.6 Å². The highest BCUT2D eigenvalue weighted by atomic mass is 32.1. The molecule has 176 valence electrons. The number of para-hydroxylation sites is 1. The van der Waals surface area contributed by atoms with Crippen LogP contribution in [0.1, 0.15) is 21.6 Å². The average Bonchev–Trinajstić information content (AvgIpc) is 3.46. The van der Waals surface area contributed by atoms with Crippen molar-refractivity contribution in [2.24, 2.45) is 0 Å². The molecular formula is C26H24N6O2S. The van der Waals surface area contributed by atoms with E-state index in [1.54, 1.807) is 10.9 Å². The Morgan fingerprint density at radius 3 is 2.80 bits per heavy atom. The number of carbonyl (C=O) groups is 1. The zero-order chi connectivity index (χ0) is 23.8. The van der Waals surface area contributed by atoms with Crippen LogP contribution in [-0.2, 0) is 11.3 Å². The lowest BCUT2D eigenvalue weighted by atomic mass is 10.2. The quantitative estimate of drug-likeness (QED) is 0.397. The molecule has 1 fully saturated rings. The summed E-state index contributed by atoms with van der Waals surface area (Å²) in [6.07, 6.45) is 1.58. The Bertz CT molecular complexity index is 1540. The van der Waals surface area contributed by atoms with Gasteiger partial charge in [-0.2, -0.15) is 5.10 Å². The van der Waals surface area contributed by atoms with Crippen LogP contribution < -0.4 is 5.32 Å². The van der Waals surface area contributed by atoms with Gasteiger partial charge in [-0.15, -0.1) is 0 Å². The number of nitrogens with zero attached hydrogens (tertiary/aromatic N) is 5. The fourth-order valence-corrected chi connectivity index (χ4v) is 5.26. The van der Waals surface area contributed by atoms with E-state index in [0.29, 0.717) is 16.5 Å². The summed E-state index contributed by atoms with van der Waals surface area (Å²) in [4.78, 5) is 24.7. The maximum absolute atomic E-state index is 13.1. The molecule has 0 unspecified atom stereocenters. The van der Waals surface area contributed by atoms with Crippen molar-refractivity contribution in [1.29, 1.82) is 0 Å². The molecule has 0 spiro atoms. The molecule has 1 aliphatic heterocycles. The summed E-state index contributed by atoms with van der Waals surface area (Å²) in [5, 5.41) is 9.01. The molecule has 1 N–H and O–H groups in total. The van der Waals surface area contributed by atoms with Crippen LogP contribution in [-0.4, -0.2) is 56.9 Å². The number of ether oxygens (including phenoxy) is 1. The molecule has 1 aliphatic rings. The lowest BCUT2D eigenvalue weighted by Crippen LogP contribution is -2.35. The van der Waals surface area contributed by atoms with Gasteiger partial charge in [0.15, 0.2) is 10.9 Å². The van der Waals surface area contributed by atoms with Crippen LogP contribution in [0.25, 0.3) is 26.9 Å². The molecule has 0 atom stereocenters. The lowest BCUT2D eigenvalue weighted by Gasteiger charge is -2.26. The van der Waals surface area contributed by atoms with Gasteiger partial charge >= 0.3 is 0 Å². The Balaban J connectivity index is 1.20. The van der Waals surface area contributed by atoms with Gasteiger partial charge in [0.05, 0.1) is 46.4 Å². The summed E-state index contributed by atoms with van der Waals surface area (Å²) in [6.45, 7) is 6.22. The number of aromatic nitrogens is 4. The van der Waals surface area contributed by atoms with E-state index >= 15 is 0 Å². The van der Waals surface area contributed by atoms with Crippen molar-refractivity contribution in [3.05, 3.63) is 77.6 Å². The number of rotatable bonds is 5. The van der Waals surface area contributed by atoms with Gasteiger partial charge in [0, 0.05) is 25.0 Å². The number of carbonyl (C=O) groups excluding carboxylic acids is 1. The van der Waals surface area contributed by atoms with E-state index in [1.807, 2.05) is 49.4 Å². The maximum Gasteiger partial charge on any atom is 0.260 e. The molecule has 0 bridgehead atoms. The van der Waals surface area contributed by atoms with E-state index in [-0.39, 0.29) is 5.91 Å². The molecule has 3 aromatic heterocycles. The number of benzene rings is 2. The normalized spacial score (nSPS) is 14.5. The number of nitrogens with one attached hydrogen (secondary N) is 1. The minimum Gasteiger partial charge on any atom is -0.379 e. The summed E-state index contributed by atoms with van der Waals surface area (Å²) in [5.74, 6) is 0.440. The Labute approximate surface area is 206 Å². The van der Waals surface area contributed by atoms with Gasteiger partial charge in [0.25, 0.3) is 5.91 Å². The molecule has 5 aromatic rings. The fraction of sp³-hybridized carbons (Fsp3) is 0.231. The van der Waals surface area contributed by atoms with Crippen molar-refractivity contribution >= 4 is 43.5 Å². The van der Waals surface area contributed by atoms with Crippen molar-refractivity contribution < 1.29 is 9.53 Å². The standard InChI is InChI=1S/C26H24N6O2S/c1-17-20(15-27-32(17)24-9-7-19-4-2-3-5-21(19)28-24)25(33)30-26-29-22-8-6-18(14-23(22)35-26)16-31-10-12-34-13-11-31/h2-9,14-15H,10-13,16H2,1H3,(H,29,30,33). The number of hydrogen-bond donors (Lipinski definition) is 1. The number of hydrogen-bond acceptors (Lipinski definition) is 7. The molecule has 0 aliphatic carbocycles. The predicted molar refractivity (Wildman–Crippen MR) is 137 cm³/mol. The molecule has 8 nitrogen and oxygen atoms in total. The Morgan fingerprint density at radius 2 is 1.91 bits per heavy atom. The van der Waals surface area contributed by atoms with Crippen molar-refractivity contribution in [2.75, 3.05) is 31.6 Å². The van der Waals surface area contributed by atoms with Crippen LogP contribution in [0.15, 0.2) is 60.8 Å². The van der Waals surface area contributed by atoms with Crippen LogP contribution in [0, 0.1) is 6.92 Å². The molecule has 0 radical (unpaired) electrons. The number of pyridine rings is 1. The van der Waals surface area contributed by atoms with Crippen LogP contribution in [0.4, 0.5) is 5.13 Å². The van der Waals surface area contributed by atoms with Gasteiger partial charge in [-0.1, -0.05) is 35.6 Å². The van der Waals surface area contributed by atoms with E-state index < -0.39 is 0 Å². The van der Waals surface area contributed by atoms with Crippen LogP contribution in [0.5, 0.6) is 0 Å². The third-order valence-electron chi connectivity index (χ3n) is 6.24. The average molecular weight is 485 g/mol. The number of fused-ring (bicyclic) bond motifs is 2. The highest BCUT2D eigenvalue weighted by Crippen LogP contribution is 2.28. The van der Waals surface area contributed by atoms with Crippen molar-refractivity contribution in [1.82, 2.24) is 24.6 Å². The van der Waals surface area contributed by atoms with Gasteiger partial charge in [-0.3, -0.25) is 15.0 Å². The van der Waals surface area contributed by atoms with E-state index in [2.05, 4.69) is 37.4 Å². The maximum atomic E-state index is 13.1. The Kier molecular flexibility index (Phi) is 5.73. The van der Waals surface area contributed by atoms with Gasteiger partial charge in [0.1, 0.15) is 0 Å². The second kappa shape index (κ2) is 9.18. The summed E-state index contributed by atoms with van der Waals surface area (Å²) in [6, 6.07) is 18.1. The molecule has 6 rings (SSSR count). The fourth-order valence-electron chi connectivity index (χ4n) is 4.34. The number of anilines is 1. The molecule has 35 heavy (non-hydrogen) atoms. The summed E-state index contributed by atoms with van der Waals surface area (Å²) >= 11 is 1.48. The first kappa shape index (κ1) is 21.8. The molecule has 9 heteroatoms. The first-order chi connectivity index (χ1) is 17.1. The summed E-state index contributed by atoms with van der Waals surface area (Å²) in [5.41, 5.74) is 4.21. The highest BCUT2D eigenvalue weighted by molar-refractivity contribution is 7.22. The number of amides is 1. The molecule has 1 saturated heterocycles. The van der Waals surface area contributed by atoms with Gasteiger partial charge in [-0.05, 0) is 42.8 Å². The van der Waals surface area contributed by atoms with Crippen LogP contribution >= 0.6 is 11.3 Å². The second-order valence-corrected chi connectivity index (χ2v) is 9.61. The topological polar surface area (TPSA) is 85.2 Å². The minimum absolute atomic E-state index is 0.234. The van der Waals surface area contributed by atoms with E-state index in [1.165, 1.54) is 16.9 Å². The third-order valence-corrected chi connectivity index (χ3v) is 7.17. The summed E-state index contributed by atoms with van der Waals surface area (Å²) < 4.78 is 8.18. The summed E-state index contributed by atoms with van der Waals surface area (Å²) in [7, 11) is 0. The molecule has 4 heterocycles. The van der Waals surface area contributed by atoms with Crippen LogP contribution in [0.3, 0.4) is 0 Å². The van der Waals surface area contributed by atoms with Crippen molar-refractivity contribution in [3.63, 3.8) is 0 Å². The van der Waals surface area contributed by atoms with E-state index in [0.717, 1.165) is 59.7 Å². The minimum atomic E-state index is -0.234. The Morgan fingerprint density at radius 1 is 1.06 bits per heavy atom. The lowest BCUT2D eigenvalue weighted by molar-refractivity contribution is 0.0342. The zero-order valence-corrected chi connectivity index (χ0v) is 20.1. The van der Waals surface area contributed by atoms with Crippen molar-refractivity contribution in [3.8, 4) is 5.82 Å². The predicted octanol–water partition coefficient (Wildman–Crippen LogP) is 4.42. The largest absolute Gasteiger partial charge is 0.379 e. The van der Waals surface area contributed by atoms with E-state index in [9.17, 15) is 4.79 Å². The van der Waals surface area contributed by atoms with Crippen LogP contribution in [0.2, 0.25) is 0 Å². The third kappa shape index (κ3) is 4.41. The SMILES string of the molecule is Cc1c(C(=O)Nc2nc3ccc(CN4CCOCC4)cc3s2)cnn1-c1ccc2ccccc2n1. The first-order valence-corrected chi connectivity index (χ1v) is 12.4. The Hall–Kier alpha value is -3.66. The van der Waals surface area contributed by atoms with Crippen molar-refractivity contribution in [2.45, 2.75) is 13.5 Å².